The van der Waals surface area contributed by atoms with Crippen molar-refractivity contribution in [1.29, 1.82) is 0 Å². The molecule has 0 unspecified atom stereocenters. The standard InChI is InChI=1S/C3H4N2S.CH2O2/c1-3-2-4-5-6-3;2-1-3/h2H,1H3;1H,(H,2,3). The van der Waals surface area contributed by atoms with E-state index >= 15 is 0 Å². The summed E-state index contributed by atoms with van der Waals surface area (Å²) >= 11 is 1.42. The van der Waals surface area contributed by atoms with Crippen molar-refractivity contribution in [3.63, 3.8) is 0 Å². The molecule has 0 atom stereocenters. The number of aromatic nitrogens is 2. The smallest absolute Gasteiger partial charge is 0.290 e. The van der Waals surface area contributed by atoms with Gasteiger partial charge in [-0.05, 0) is 18.5 Å². The van der Waals surface area contributed by atoms with E-state index in [0.29, 0.717) is 0 Å². The molecule has 0 aliphatic heterocycles. The lowest BCUT2D eigenvalue weighted by Gasteiger charge is -1.60. The van der Waals surface area contributed by atoms with Crippen LogP contribution in [-0.4, -0.2) is 21.2 Å². The molecule has 0 amide bonds. The summed E-state index contributed by atoms with van der Waals surface area (Å²) in [6.07, 6.45) is 1.74. The molecule has 0 spiro atoms. The van der Waals surface area contributed by atoms with Gasteiger partial charge in [-0.25, -0.2) is 0 Å². The summed E-state index contributed by atoms with van der Waals surface area (Å²) in [4.78, 5) is 9.52. The molecule has 0 fully saturated rings. The van der Waals surface area contributed by atoms with Crippen LogP contribution in [0.1, 0.15) is 4.88 Å². The summed E-state index contributed by atoms with van der Waals surface area (Å²) in [5.74, 6) is 0. The van der Waals surface area contributed by atoms with E-state index in [1.54, 1.807) is 6.20 Å². The zero-order valence-corrected chi connectivity index (χ0v) is 5.63. The van der Waals surface area contributed by atoms with E-state index in [2.05, 4.69) is 9.59 Å². The lowest BCUT2D eigenvalue weighted by Crippen LogP contribution is -1.52. The van der Waals surface area contributed by atoms with Gasteiger partial charge in [-0.15, -0.1) is 5.10 Å². The first-order valence-electron chi connectivity index (χ1n) is 2.13. The molecular formula is C4H6N2O2S. The second-order valence-corrected chi connectivity index (χ2v) is 2.12. The van der Waals surface area contributed by atoms with Crippen molar-refractivity contribution in [2.24, 2.45) is 0 Å². The van der Waals surface area contributed by atoms with Crippen molar-refractivity contribution >= 4 is 18.0 Å². The summed E-state index contributed by atoms with van der Waals surface area (Å²) in [5.41, 5.74) is 0. The zero-order chi connectivity index (χ0) is 7.11. The van der Waals surface area contributed by atoms with Crippen molar-refractivity contribution in [2.45, 2.75) is 6.92 Å². The largest absolute Gasteiger partial charge is 0.483 e. The zero-order valence-electron chi connectivity index (χ0n) is 4.81. The van der Waals surface area contributed by atoms with Crippen molar-refractivity contribution in [3.05, 3.63) is 11.1 Å². The lowest BCUT2D eigenvalue weighted by atomic mass is 10.7. The van der Waals surface area contributed by atoms with E-state index in [0.717, 1.165) is 4.88 Å². The first kappa shape index (κ1) is 8.03. The Morgan fingerprint density at radius 3 is 2.56 bits per heavy atom. The van der Waals surface area contributed by atoms with Crippen LogP contribution in [0.5, 0.6) is 0 Å². The molecule has 0 saturated carbocycles. The molecule has 50 valence electrons. The van der Waals surface area contributed by atoms with Gasteiger partial charge in [-0.3, -0.25) is 4.79 Å². The van der Waals surface area contributed by atoms with Gasteiger partial charge >= 0.3 is 0 Å². The van der Waals surface area contributed by atoms with Crippen LogP contribution >= 0.6 is 11.5 Å². The average molecular weight is 146 g/mol. The van der Waals surface area contributed by atoms with Gasteiger partial charge in [0.2, 0.25) is 0 Å². The van der Waals surface area contributed by atoms with Crippen molar-refractivity contribution in [1.82, 2.24) is 9.59 Å². The molecule has 5 heteroatoms. The Balaban J connectivity index is 0.000000187. The molecule has 0 aliphatic carbocycles. The Bertz CT molecular complexity index is 152. The Morgan fingerprint density at radius 1 is 1.89 bits per heavy atom. The molecule has 1 aromatic heterocycles. The third-order valence-electron chi connectivity index (χ3n) is 0.471. The maximum atomic E-state index is 8.36. The maximum absolute atomic E-state index is 8.36. The summed E-state index contributed by atoms with van der Waals surface area (Å²) in [5, 5.41) is 10.5. The number of aryl methyl sites for hydroxylation is 1. The van der Waals surface area contributed by atoms with Crippen LogP contribution in [0.3, 0.4) is 0 Å². The van der Waals surface area contributed by atoms with E-state index in [4.69, 9.17) is 9.90 Å². The van der Waals surface area contributed by atoms with E-state index in [1.807, 2.05) is 6.92 Å². The van der Waals surface area contributed by atoms with Crippen LogP contribution in [0.2, 0.25) is 0 Å². The van der Waals surface area contributed by atoms with Gasteiger partial charge in [0, 0.05) is 4.88 Å². The third kappa shape index (κ3) is 4.89. The molecule has 4 nitrogen and oxygen atoms in total. The van der Waals surface area contributed by atoms with Crippen LogP contribution < -0.4 is 0 Å². The third-order valence-corrected chi connectivity index (χ3v) is 1.04. The average Bonchev–Trinajstić information content (AvgIpc) is 2.20. The van der Waals surface area contributed by atoms with Crippen molar-refractivity contribution < 1.29 is 9.90 Å². The van der Waals surface area contributed by atoms with Crippen molar-refractivity contribution in [3.8, 4) is 0 Å². The summed E-state index contributed by atoms with van der Waals surface area (Å²) in [7, 11) is 0. The molecule has 1 rings (SSSR count). The van der Waals surface area contributed by atoms with Crippen LogP contribution in [0.4, 0.5) is 0 Å². The van der Waals surface area contributed by atoms with Crippen molar-refractivity contribution in [2.75, 3.05) is 0 Å². The molecule has 9 heavy (non-hydrogen) atoms. The number of nitrogens with zero attached hydrogens (tertiary/aromatic N) is 2. The molecule has 0 aromatic carbocycles. The lowest BCUT2D eigenvalue weighted by molar-refractivity contribution is -0.122. The molecule has 1 N–H and O–H groups in total. The van der Waals surface area contributed by atoms with E-state index in [1.165, 1.54) is 11.5 Å². The highest BCUT2D eigenvalue weighted by Crippen LogP contribution is 1.94. The Labute approximate surface area is 56.3 Å². The second-order valence-electron chi connectivity index (χ2n) is 1.13. The second kappa shape index (κ2) is 5.17. The minimum Gasteiger partial charge on any atom is -0.483 e. The van der Waals surface area contributed by atoms with Crippen LogP contribution in [0.15, 0.2) is 6.20 Å². The Morgan fingerprint density at radius 2 is 2.44 bits per heavy atom. The summed E-state index contributed by atoms with van der Waals surface area (Å²) in [6.45, 7) is 1.73. The monoisotopic (exact) mass is 146 g/mol. The van der Waals surface area contributed by atoms with Gasteiger partial charge in [0.25, 0.3) is 6.47 Å². The minimum absolute atomic E-state index is 0.250. The number of hydrogen-bond acceptors (Lipinski definition) is 4. The van der Waals surface area contributed by atoms with Gasteiger partial charge in [0.1, 0.15) is 0 Å². The Kier molecular flexibility index (Phi) is 4.61. The summed E-state index contributed by atoms with van der Waals surface area (Å²) in [6, 6.07) is 0. The molecule has 1 aromatic rings. The fraction of sp³-hybridized carbons (Fsp3) is 0.250. The number of carbonyl (C=O) groups is 1. The minimum atomic E-state index is -0.250. The summed E-state index contributed by atoms with van der Waals surface area (Å²) < 4.78 is 3.61. The fourth-order valence-corrected chi connectivity index (χ4v) is 0.534. The highest BCUT2D eigenvalue weighted by atomic mass is 32.1. The quantitative estimate of drug-likeness (QED) is 0.543. The van der Waals surface area contributed by atoms with E-state index < -0.39 is 0 Å². The highest BCUT2D eigenvalue weighted by Gasteiger charge is 1.78. The van der Waals surface area contributed by atoms with Crippen LogP contribution in [0.25, 0.3) is 0 Å². The molecule has 0 radical (unpaired) electrons. The number of rotatable bonds is 0. The van der Waals surface area contributed by atoms with Crippen LogP contribution in [0, 0.1) is 6.92 Å². The molecule has 0 bridgehead atoms. The first-order chi connectivity index (χ1) is 4.31. The van der Waals surface area contributed by atoms with Gasteiger partial charge in [0.05, 0.1) is 6.20 Å². The van der Waals surface area contributed by atoms with Gasteiger partial charge in [0.15, 0.2) is 0 Å². The number of hydrogen-bond donors (Lipinski definition) is 1. The topological polar surface area (TPSA) is 63.1 Å². The SMILES string of the molecule is Cc1cnns1.O=CO. The van der Waals surface area contributed by atoms with Gasteiger partial charge in [-0.1, -0.05) is 4.49 Å². The van der Waals surface area contributed by atoms with Crippen LogP contribution in [-0.2, 0) is 4.79 Å². The predicted molar refractivity (Wildman–Crippen MR) is 33.3 cm³/mol. The highest BCUT2D eigenvalue weighted by molar-refractivity contribution is 7.05. The normalized spacial score (nSPS) is 7.22. The molecule has 1 heterocycles. The number of carboxylic acid groups (broad SMARTS) is 1. The van der Waals surface area contributed by atoms with E-state index in [9.17, 15) is 0 Å². The Hall–Kier alpha value is -0.970. The van der Waals surface area contributed by atoms with E-state index in [-0.39, 0.29) is 6.47 Å². The first-order valence-corrected chi connectivity index (χ1v) is 2.90. The maximum Gasteiger partial charge on any atom is 0.290 e. The fourth-order valence-electron chi connectivity index (χ4n) is 0.216. The van der Waals surface area contributed by atoms with Gasteiger partial charge in [-0.2, -0.15) is 0 Å². The predicted octanol–water partition coefficient (Wildman–Crippen LogP) is 0.547. The van der Waals surface area contributed by atoms with Gasteiger partial charge < -0.3 is 5.11 Å². The molecular weight excluding hydrogens is 140 g/mol. The molecule has 0 saturated heterocycles. The molecule has 0 aliphatic rings.